The number of hydrogen-bond donors (Lipinski definition) is 1. The van der Waals surface area contributed by atoms with Crippen molar-refractivity contribution in [1.82, 2.24) is 9.97 Å². The zero-order valence-electron chi connectivity index (χ0n) is 18.4. The van der Waals surface area contributed by atoms with Gasteiger partial charge >= 0.3 is 0 Å². The number of benzene rings is 2. The van der Waals surface area contributed by atoms with Crippen molar-refractivity contribution < 1.29 is 0 Å². The molecule has 4 nitrogen and oxygen atoms in total. The third kappa shape index (κ3) is 5.53. The van der Waals surface area contributed by atoms with Crippen molar-refractivity contribution in [3.05, 3.63) is 81.5 Å². The summed E-state index contributed by atoms with van der Waals surface area (Å²) in [4.78, 5) is 11.8. The fourth-order valence-electron chi connectivity index (χ4n) is 3.83. The Labute approximate surface area is 193 Å². The zero-order chi connectivity index (χ0) is 21.8. The average molecular weight is 477 g/mol. The standard InChI is InChI=1S/C26H29BrN4/c1-18(2)22-9-10-24(23(27)17-22)29-26-28-19(3)15-25(30-26)31-13-11-21(12-14-31)16-20-7-5-4-6-8-20/h4-10,15-18H,11-14H2,1-3H3,(H,28,29,30). The van der Waals surface area contributed by atoms with Crippen LogP contribution in [0.2, 0.25) is 0 Å². The first kappa shape index (κ1) is 21.6. The van der Waals surface area contributed by atoms with Gasteiger partial charge in [0.25, 0.3) is 0 Å². The van der Waals surface area contributed by atoms with Gasteiger partial charge in [0.05, 0.1) is 5.69 Å². The number of halogens is 1. The van der Waals surface area contributed by atoms with Crippen LogP contribution in [-0.2, 0) is 0 Å². The van der Waals surface area contributed by atoms with Crippen molar-refractivity contribution in [2.24, 2.45) is 0 Å². The van der Waals surface area contributed by atoms with E-state index in [1.807, 2.05) is 6.92 Å². The van der Waals surface area contributed by atoms with Gasteiger partial charge in [0.15, 0.2) is 0 Å². The monoisotopic (exact) mass is 476 g/mol. The minimum absolute atomic E-state index is 0.493. The Balaban J connectivity index is 1.47. The van der Waals surface area contributed by atoms with Crippen molar-refractivity contribution in [3.63, 3.8) is 0 Å². The summed E-state index contributed by atoms with van der Waals surface area (Å²) in [5.41, 5.74) is 6.03. The van der Waals surface area contributed by atoms with Crippen molar-refractivity contribution in [2.45, 2.75) is 39.5 Å². The summed E-state index contributed by atoms with van der Waals surface area (Å²) in [7, 11) is 0. The van der Waals surface area contributed by atoms with E-state index >= 15 is 0 Å². The van der Waals surface area contributed by atoms with E-state index in [2.05, 4.69) is 106 Å². The number of aromatic nitrogens is 2. The summed E-state index contributed by atoms with van der Waals surface area (Å²) in [6.45, 7) is 8.37. The van der Waals surface area contributed by atoms with Crippen LogP contribution < -0.4 is 10.2 Å². The molecule has 1 aliphatic heterocycles. The first-order valence-electron chi connectivity index (χ1n) is 10.9. The highest BCUT2D eigenvalue weighted by atomic mass is 79.9. The third-order valence-electron chi connectivity index (χ3n) is 5.65. The second kappa shape index (κ2) is 9.65. The molecule has 0 amide bonds. The lowest BCUT2D eigenvalue weighted by Gasteiger charge is -2.30. The smallest absolute Gasteiger partial charge is 0.229 e. The van der Waals surface area contributed by atoms with Crippen LogP contribution in [0.1, 0.15) is 49.4 Å². The van der Waals surface area contributed by atoms with E-state index in [1.54, 1.807) is 0 Å². The molecule has 4 rings (SSSR count). The van der Waals surface area contributed by atoms with E-state index in [0.29, 0.717) is 11.9 Å². The summed E-state index contributed by atoms with van der Waals surface area (Å²) >= 11 is 3.69. The Morgan fingerprint density at radius 2 is 1.74 bits per heavy atom. The highest BCUT2D eigenvalue weighted by molar-refractivity contribution is 9.10. The largest absolute Gasteiger partial charge is 0.356 e. The molecule has 0 bridgehead atoms. The van der Waals surface area contributed by atoms with Crippen molar-refractivity contribution in [3.8, 4) is 0 Å². The maximum atomic E-state index is 4.82. The number of nitrogens with zero attached hydrogens (tertiary/aromatic N) is 3. The van der Waals surface area contributed by atoms with Gasteiger partial charge in [-0.15, -0.1) is 0 Å². The predicted molar refractivity (Wildman–Crippen MR) is 134 cm³/mol. The van der Waals surface area contributed by atoms with Gasteiger partial charge < -0.3 is 10.2 Å². The average Bonchev–Trinajstić information content (AvgIpc) is 2.76. The molecule has 0 unspecified atom stereocenters. The maximum absolute atomic E-state index is 4.82. The Hall–Kier alpha value is -2.66. The van der Waals surface area contributed by atoms with Gasteiger partial charge in [-0.1, -0.05) is 61.9 Å². The van der Waals surface area contributed by atoms with E-state index in [9.17, 15) is 0 Å². The SMILES string of the molecule is Cc1cc(N2CCC(=Cc3ccccc3)CC2)nc(Nc2ccc(C(C)C)cc2Br)n1. The Bertz CT molecular complexity index is 1070. The molecule has 1 N–H and O–H groups in total. The van der Waals surface area contributed by atoms with E-state index in [-0.39, 0.29) is 0 Å². The van der Waals surface area contributed by atoms with Gasteiger partial charge in [0.1, 0.15) is 5.82 Å². The van der Waals surface area contributed by atoms with Crippen LogP contribution in [0, 0.1) is 6.92 Å². The molecule has 5 heteroatoms. The number of rotatable bonds is 5. The molecule has 3 aromatic rings. The maximum Gasteiger partial charge on any atom is 0.229 e. The van der Waals surface area contributed by atoms with Crippen LogP contribution in [0.5, 0.6) is 0 Å². The Kier molecular flexibility index (Phi) is 6.71. The van der Waals surface area contributed by atoms with E-state index in [1.165, 1.54) is 16.7 Å². The Morgan fingerprint density at radius 1 is 1.00 bits per heavy atom. The molecule has 1 fully saturated rings. The van der Waals surface area contributed by atoms with E-state index in [4.69, 9.17) is 4.98 Å². The number of anilines is 3. The molecule has 1 aromatic heterocycles. The summed E-state index contributed by atoms with van der Waals surface area (Å²) in [5.74, 6) is 2.12. The van der Waals surface area contributed by atoms with Crippen LogP contribution >= 0.6 is 15.9 Å². The van der Waals surface area contributed by atoms with Gasteiger partial charge in [-0.3, -0.25) is 0 Å². The molecule has 1 saturated heterocycles. The van der Waals surface area contributed by atoms with Crippen LogP contribution in [-0.4, -0.2) is 23.1 Å². The molecule has 0 spiro atoms. The summed E-state index contributed by atoms with van der Waals surface area (Å²) in [6.07, 6.45) is 4.44. The molecule has 160 valence electrons. The first-order valence-corrected chi connectivity index (χ1v) is 11.7. The lowest BCUT2D eigenvalue weighted by atomic mass is 10.0. The summed E-state index contributed by atoms with van der Waals surface area (Å²) < 4.78 is 1.03. The molecule has 0 radical (unpaired) electrons. The topological polar surface area (TPSA) is 41.1 Å². The molecule has 0 saturated carbocycles. The highest BCUT2D eigenvalue weighted by Gasteiger charge is 2.17. The van der Waals surface area contributed by atoms with Crippen LogP contribution in [0.15, 0.2) is 64.6 Å². The number of aryl methyl sites for hydroxylation is 1. The normalized spacial score (nSPS) is 14.1. The van der Waals surface area contributed by atoms with Gasteiger partial charge in [-0.25, -0.2) is 4.98 Å². The lowest BCUT2D eigenvalue weighted by Crippen LogP contribution is -2.31. The number of piperidine rings is 1. The number of nitrogens with one attached hydrogen (secondary N) is 1. The van der Waals surface area contributed by atoms with Crippen molar-refractivity contribution >= 4 is 39.5 Å². The molecule has 0 aliphatic carbocycles. The second-order valence-corrected chi connectivity index (χ2v) is 9.26. The molecular weight excluding hydrogens is 448 g/mol. The van der Waals surface area contributed by atoms with E-state index in [0.717, 1.165) is 47.6 Å². The van der Waals surface area contributed by atoms with Gasteiger partial charge in [0, 0.05) is 29.3 Å². The van der Waals surface area contributed by atoms with Crippen LogP contribution in [0.4, 0.5) is 17.5 Å². The van der Waals surface area contributed by atoms with Crippen molar-refractivity contribution in [1.29, 1.82) is 0 Å². The van der Waals surface area contributed by atoms with Gasteiger partial charge in [-0.2, -0.15) is 4.98 Å². The van der Waals surface area contributed by atoms with Crippen LogP contribution in [0.3, 0.4) is 0 Å². The predicted octanol–water partition coefficient (Wildman–Crippen LogP) is 7.10. The van der Waals surface area contributed by atoms with Crippen LogP contribution in [0.25, 0.3) is 6.08 Å². The number of hydrogen-bond acceptors (Lipinski definition) is 4. The van der Waals surface area contributed by atoms with Gasteiger partial charge in [0.2, 0.25) is 5.95 Å². The lowest BCUT2D eigenvalue weighted by molar-refractivity contribution is 0.680. The zero-order valence-corrected chi connectivity index (χ0v) is 20.0. The fourth-order valence-corrected chi connectivity index (χ4v) is 4.33. The Morgan fingerprint density at radius 3 is 2.42 bits per heavy atom. The van der Waals surface area contributed by atoms with Gasteiger partial charge in [-0.05, 0) is 64.9 Å². The third-order valence-corrected chi connectivity index (χ3v) is 6.30. The minimum Gasteiger partial charge on any atom is -0.356 e. The highest BCUT2D eigenvalue weighted by Crippen LogP contribution is 2.30. The molecule has 2 heterocycles. The second-order valence-electron chi connectivity index (χ2n) is 8.41. The molecule has 0 atom stereocenters. The van der Waals surface area contributed by atoms with E-state index < -0.39 is 0 Å². The first-order chi connectivity index (χ1) is 15.0. The van der Waals surface area contributed by atoms with Crippen molar-refractivity contribution in [2.75, 3.05) is 23.3 Å². The molecule has 31 heavy (non-hydrogen) atoms. The summed E-state index contributed by atoms with van der Waals surface area (Å²) in [6, 6.07) is 19.1. The fraction of sp³-hybridized carbons (Fsp3) is 0.308. The minimum atomic E-state index is 0.493. The molecule has 1 aliphatic rings. The molecular formula is C26H29BrN4. The quantitative estimate of drug-likeness (QED) is 0.426. The summed E-state index contributed by atoms with van der Waals surface area (Å²) in [5, 5.41) is 3.39. The molecule has 2 aromatic carbocycles.